The first-order valence-electron chi connectivity index (χ1n) is 24.1. The SMILES string of the molecule is C=C1CCCCC/C(c2ccccc2)=C2/CCCC/C2=C/1c1ccc2c3cccc4c(N(c5ccc(-c6ccccc6)cc5)c5ccc(-c6ccccc6)cc5)ccc(c5cccc1c25)c43. The van der Waals surface area contributed by atoms with Crippen LogP contribution in [0.2, 0.25) is 0 Å². The molecular formula is C65H53N. The Morgan fingerprint density at radius 3 is 1.35 bits per heavy atom. The number of anilines is 3. The molecule has 0 aromatic heterocycles. The Morgan fingerprint density at radius 1 is 0.303 bits per heavy atom. The number of nitrogens with zero attached hydrogens (tertiary/aromatic N) is 1. The topological polar surface area (TPSA) is 3.24 Å². The average Bonchev–Trinajstić information content (AvgIpc) is 3.38. The van der Waals surface area contributed by atoms with E-state index in [2.05, 4.69) is 205 Å². The minimum Gasteiger partial charge on any atom is -0.310 e. The Morgan fingerprint density at radius 2 is 0.742 bits per heavy atom. The maximum atomic E-state index is 4.92. The van der Waals surface area contributed by atoms with Gasteiger partial charge in [0.2, 0.25) is 0 Å². The standard InChI is InChI=1S/C65H53N/c1-44-18-6-2-13-25-52(49-23-11-5-12-24-49)53-26-14-15-27-54(53)63(44)58-40-41-59-57-30-17-31-61-62(43-42-60(65(57)61)56-29-16-28-55(58)64(56)59)66(50-36-32-47(33-37-50)45-19-7-3-8-20-45)51-38-34-48(35-39-51)46-21-9-4-10-22-46/h3-5,7-12,16-17,19-24,28-43H,1-2,6,13-15,18,25-27H2/b53-52+,63-54+. The Kier molecular flexibility index (Phi) is 10.4. The van der Waals surface area contributed by atoms with Crippen molar-refractivity contribution in [1.29, 1.82) is 0 Å². The maximum absolute atomic E-state index is 4.92. The summed E-state index contributed by atoms with van der Waals surface area (Å²) in [5, 5.41) is 10.5. The van der Waals surface area contributed by atoms with Gasteiger partial charge in [0.1, 0.15) is 0 Å². The molecule has 0 heterocycles. The summed E-state index contributed by atoms with van der Waals surface area (Å²) in [5.41, 5.74) is 18.4. The molecule has 0 spiro atoms. The van der Waals surface area contributed by atoms with E-state index >= 15 is 0 Å². The molecule has 10 aromatic carbocycles. The Bertz CT molecular complexity index is 3360. The van der Waals surface area contributed by atoms with E-state index in [4.69, 9.17) is 6.58 Å². The normalized spacial score (nSPS) is 17.1. The summed E-state index contributed by atoms with van der Waals surface area (Å²) < 4.78 is 0. The predicted octanol–water partition coefficient (Wildman–Crippen LogP) is 18.8. The van der Waals surface area contributed by atoms with Crippen LogP contribution in [0, 0.1) is 0 Å². The zero-order valence-corrected chi connectivity index (χ0v) is 37.6. The molecule has 0 aliphatic heterocycles. The van der Waals surface area contributed by atoms with Crippen LogP contribution in [0.15, 0.2) is 223 Å². The van der Waals surface area contributed by atoms with Crippen LogP contribution in [-0.2, 0) is 0 Å². The van der Waals surface area contributed by atoms with Crippen molar-refractivity contribution in [2.45, 2.75) is 57.8 Å². The molecule has 0 saturated heterocycles. The van der Waals surface area contributed by atoms with Gasteiger partial charge in [-0.3, -0.25) is 0 Å². The fourth-order valence-corrected chi connectivity index (χ4v) is 11.5. The maximum Gasteiger partial charge on any atom is 0.0540 e. The smallest absolute Gasteiger partial charge is 0.0540 e. The van der Waals surface area contributed by atoms with Crippen molar-refractivity contribution < 1.29 is 0 Å². The monoisotopic (exact) mass is 847 g/mol. The van der Waals surface area contributed by atoms with E-state index in [0.29, 0.717) is 0 Å². The van der Waals surface area contributed by atoms with Crippen molar-refractivity contribution in [3.63, 3.8) is 0 Å². The van der Waals surface area contributed by atoms with Crippen LogP contribution in [0.4, 0.5) is 17.1 Å². The zero-order chi connectivity index (χ0) is 44.0. The molecule has 2 aliphatic carbocycles. The van der Waals surface area contributed by atoms with E-state index < -0.39 is 0 Å². The first-order valence-corrected chi connectivity index (χ1v) is 24.1. The van der Waals surface area contributed by atoms with Crippen molar-refractivity contribution in [2.24, 2.45) is 0 Å². The highest BCUT2D eigenvalue weighted by Gasteiger charge is 2.26. The second kappa shape index (κ2) is 17.1. The van der Waals surface area contributed by atoms with Gasteiger partial charge >= 0.3 is 0 Å². The van der Waals surface area contributed by atoms with Crippen molar-refractivity contribution in [2.75, 3.05) is 4.90 Å². The van der Waals surface area contributed by atoms with Gasteiger partial charge in [-0.25, -0.2) is 0 Å². The number of benzene rings is 10. The number of rotatable bonds is 7. The van der Waals surface area contributed by atoms with Crippen LogP contribution < -0.4 is 4.90 Å². The molecule has 0 atom stereocenters. The molecule has 0 amide bonds. The molecule has 0 N–H and O–H groups in total. The molecule has 318 valence electrons. The lowest BCUT2D eigenvalue weighted by atomic mass is 9.75. The molecule has 0 bridgehead atoms. The Hall–Kier alpha value is -7.48. The van der Waals surface area contributed by atoms with Crippen LogP contribution in [0.1, 0.15) is 68.9 Å². The van der Waals surface area contributed by atoms with E-state index in [-0.39, 0.29) is 0 Å². The summed E-state index contributed by atoms with van der Waals surface area (Å²) in [7, 11) is 0. The highest BCUT2D eigenvalue weighted by molar-refractivity contribution is 6.35. The minimum atomic E-state index is 1.04. The van der Waals surface area contributed by atoms with E-state index in [1.54, 1.807) is 16.7 Å². The fraction of sp³-hybridized carbons (Fsp3) is 0.138. The third-order valence-corrected chi connectivity index (χ3v) is 14.6. The summed E-state index contributed by atoms with van der Waals surface area (Å²) in [4.78, 5) is 2.45. The number of fused-ring (bicyclic) bond motifs is 3. The molecule has 1 heteroatoms. The minimum absolute atomic E-state index is 1.04. The molecule has 66 heavy (non-hydrogen) atoms. The van der Waals surface area contributed by atoms with Gasteiger partial charge in [0.25, 0.3) is 0 Å². The van der Waals surface area contributed by atoms with Gasteiger partial charge in [0, 0.05) is 16.8 Å². The van der Waals surface area contributed by atoms with Gasteiger partial charge < -0.3 is 4.90 Å². The Balaban J connectivity index is 1.06. The first-order chi connectivity index (χ1) is 32.7. The predicted molar refractivity (Wildman–Crippen MR) is 284 cm³/mol. The van der Waals surface area contributed by atoms with E-state index in [1.165, 1.54) is 125 Å². The number of hydrogen-bond acceptors (Lipinski definition) is 1. The van der Waals surface area contributed by atoms with E-state index in [1.807, 2.05) is 0 Å². The van der Waals surface area contributed by atoms with Crippen molar-refractivity contribution in [3.05, 3.63) is 235 Å². The second-order valence-electron chi connectivity index (χ2n) is 18.5. The van der Waals surface area contributed by atoms with Gasteiger partial charge in [-0.2, -0.15) is 0 Å². The van der Waals surface area contributed by atoms with Crippen LogP contribution in [-0.4, -0.2) is 0 Å². The molecule has 0 unspecified atom stereocenters. The van der Waals surface area contributed by atoms with Crippen LogP contribution in [0.5, 0.6) is 0 Å². The summed E-state index contributed by atoms with van der Waals surface area (Å²) in [6.07, 6.45) is 10.5. The van der Waals surface area contributed by atoms with Crippen LogP contribution in [0.25, 0.3) is 76.5 Å². The van der Waals surface area contributed by atoms with Gasteiger partial charge in [0.05, 0.1) is 5.69 Å². The van der Waals surface area contributed by atoms with Crippen molar-refractivity contribution in [3.8, 4) is 22.3 Å². The molecule has 12 rings (SSSR count). The number of hydrogen-bond donors (Lipinski definition) is 0. The first kappa shape index (κ1) is 40.1. The average molecular weight is 848 g/mol. The van der Waals surface area contributed by atoms with E-state index in [0.717, 1.165) is 37.1 Å². The number of allylic oxidation sites excluding steroid dienone is 5. The third-order valence-electron chi connectivity index (χ3n) is 14.6. The molecule has 2 aliphatic rings. The van der Waals surface area contributed by atoms with Gasteiger partial charge in [0.15, 0.2) is 0 Å². The van der Waals surface area contributed by atoms with E-state index in [9.17, 15) is 0 Å². The molecular weight excluding hydrogens is 795 g/mol. The third kappa shape index (κ3) is 7.02. The summed E-state index contributed by atoms with van der Waals surface area (Å²) in [5.74, 6) is 0. The molecule has 1 nitrogen and oxygen atoms in total. The summed E-state index contributed by atoms with van der Waals surface area (Å²) >= 11 is 0. The van der Waals surface area contributed by atoms with Crippen LogP contribution in [0.3, 0.4) is 0 Å². The largest absolute Gasteiger partial charge is 0.310 e. The summed E-state index contributed by atoms with van der Waals surface area (Å²) in [6, 6.07) is 74.4. The fourth-order valence-electron chi connectivity index (χ4n) is 11.5. The molecule has 0 radical (unpaired) electrons. The Labute approximate surface area is 389 Å². The van der Waals surface area contributed by atoms with Gasteiger partial charge in [-0.1, -0.05) is 183 Å². The summed E-state index contributed by atoms with van der Waals surface area (Å²) in [6.45, 7) is 4.92. The highest BCUT2D eigenvalue weighted by atomic mass is 15.1. The van der Waals surface area contributed by atoms with Crippen molar-refractivity contribution in [1.82, 2.24) is 0 Å². The second-order valence-corrected chi connectivity index (χ2v) is 18.5. The van der Waals surface area contributed by atoms with Gasteiger partial charge in [-0.05, 0) is 181 Å². The van der Waals surface area contributed by atoms with Gasteiger partial charge in [-0.15, -0.1) is 0 Å². The lowest BCUT2D eigenvalue weighted by Gasteiger charge is -2.29. The van der Waals surface area contributed by atoms with Crippen LogP contribution >= 0.6 is 0 Å². The lowest BCUT2D eigenvalue weighted by Crippen LogP contribution is -2.10. The lowest BCUT2D eigenvalue weighted by molar-refractivity contribution is 0.662. The molecule has 1 fully saturated rings. The molecule has 10 aromatic rings. The van der Waals surface area contributed by atoms with Crippen molar-refractivity contribution >= 4 is 71.3 Å². The quantitative estimate of drug-likeness (QED) is 0.114. The highest BCUT2D eigenvalue weighted by Crippen LogP contribution is 2.50. The molecule has 1 saturated carbocycles. The zero-order valence-electron chi connectivity index (χ0n) is 37.6.